The van der Waals surface area contributed by atoms with Crippen LogP contribution in [0.4, 0.5) is 0 Å². The number of aliphatic hydroxyl groups excluding tert-OH is 1. The van der Waals surface area contributed by atoms with E-state index in [1.807, 2.05) is 0 Å². The van der Waals surface area contributed by atoms with Crippen LogP contribution in [0.1, 0.15) is 336 Å². The van der Waals surface area contributed by atoms with Crippen molar-refractivity contribution in [2.24, 2.45) is 5.92 Å². The van der Waals surface area contributed by atoms with Crippen LogP contribution in [0.3, 0.4) is 0 Å². The Morgan fingerprint density at radius 1 is 0.329 bits per heavy atom. The first kappa shape index (κ1) is 83.1. The molecule has 19 heteroatoms. The maximum atomic E-state index is 13.0. The number of carbonyl (C=O) groups excluding carboxylic acids is 4. The van der Waals surface area contributed by atoms with E-state index in [-0.39, 0.29) is 25.7 Å². The number of hydrogen-bond donors (Lipinski definition) is 3. The summed E-state index contributed by atoms with van der Waals surface area (Å²) in [6.45, 7) is 7.19. The number of carbonyl (C=O) groups is 4. The quantitative estimate of drug-likeness (QED) is 0.0222. The van der Waals surface area contributed by atoms with E-state index in [4.69, 9.17) is 37.0 Å². The molecule has 0 radical (unpaired) electrons. The highest BCUT2D eigenvalue weighted by Gasteiger charge is 2.30. The minimum Gasteiger partial charge on any atom is -0.462 e. The van der Waals surface area contributed by atoms with E-state index in [0.29, 0.717) is 25.7 Å². The van der Waals surface area contributed by atoms with Crippen LogP contribution in [0.25, 0.3) is 0 Å². The van der Waals surface area contributed by atoms with E-state index in [0.717, 1.165) is 102 Å². The van der Waals surface area contributed by atoms with Gasteiger partial charge in [-0.25, -0.2) is 9.13 Å². The maximum Gasteiger partial charge on any atom is 0.472 e. The molecular weight excluding hydrogens is 1130 g/mol. The van der Waals surface area contributed by atoms with Crippen molar-refractivity contribution < 1.29 is 80.2 Å². The molecule has 0 aromatic rings. The molecule has 0 saturated carbocycles. The predicted molar refractivity (Wildman–Crippen MR) is 340 cm³/mol. The average molecular weight is 1260 g/mol. The van der Waals surface area contributed by atoms with Crippen LogP contribution in [-0.2, 0) is 65.4 Å². The van der Waals surface area contributed by atoms with Crippen LogP contribution in [0.2, 0.25) is 0 Å². The van der Waals surface area contributed by atoms with Gasteiger partial charge >= 0.3 is 39.5 Å². The lowest BCUT2D eigenvalue weighted by Gasteiger charge is -2.21. The molecule has 0 aliphatic carbocycles. The summed E-state index contributed by atoms with van der Waals surface area (Å²) in [4.78, 5) is 72.2. The van der Waals surface area contributed by atoms with E-state index in [9.17, 15) is 43.2 Å². The molecule has 0 aliphatic heterocycles. The zero-order chi connectivity index (χ0) is 62.8. The topological polar surface area (TPSA) is 237 Å². The number of phosphoric ester groups is 2. The second-order valence-corrected chi connectivity index (χ2v) is 27.0. The predicted octanol–water partition coefficient (Wildman–Crippen LogP) is 18.6. The third kappa shape index (κ3) is 59.5. The Morgan fingerprint density at radius 3 is 0.835 bits per heavy atom. The lowest BCUT2D eigenvalue weighted by Crippen LogP contribution is -2.30. The van der Waals surface area contributed by atoms with E-state index < -0.39 is 97.5 Å². The number of ether oxygens (including phenoxy) is 4. The minimum atomic E-state index is -4.95. The SMILES string of the molecule is CCCCCCCCCCCCCCCCCC(=O)O[C@H](COC(=O)CCCCCCCCCCC(C)CC)COP(=O)(O)OC[C@@H](O)COP(=O)(O)OC[C@@H](COC(=O)CCCCCCCCCC)OC(=O)CCCCCCCCCCCC. The van der Waals surface area contributed by atoms with Crippen molar-refractivity contribution in [2.45, 2.75) is 355 Å². The van der Waals surface area contributed by atoms with Crippen molar-refractivity contribution in [3.8, 4) is 0 Å². The van der Waals surface area contributed by atoms with Gasteiger partial charge in [-0.3, -0.25) is 37.3 Å². The van der Waals surface area contributed by atoms with Crippen LogP contribution in [0.5, 0.6) is 0 Å². The van der Waals surface area contributed by atoms with Crippen LogP contribution in [0, 0.1) is 5.92 Å². The molecule has 3 unspecified atom stereocenters. The summed E-state index contributed by atoms with van der Waals surface area (Å²) in [6.07, 6.45) is 44.3. The molecule has 0 spiro atoms. The Balaban J connectivity index is 5.22. The summed E-state index contributed by atoms with van der Waals surface area (Å²) in [7, 11) is -9.89. The van der Waals surface area contributed by atoms with Gasteiger partial charge in [0.05, 0.1) is 26.4 Å². The van der Waals surface area contributed by atoms with E-state index >= 15 is 0 Å². The Labute approximate surface area is 517 Å². The molecule has 6 atom stereocenters. The third-order valence-corrected chi connectivity index (χ3v) is 17.5. The summed E-state index contributed by atoms with van der Waals surface area (Å²) in [6, 6.07) is 0. The largest absolute Gasteiger partial charge is 0.472 e. The van der Waals surface area contributed by atoms with E-state index in [1.54, 1.807) is 0 Å². The second kappa shape index (κ2) is 59.7. The van der Waals surface area contributed by atoms with Gasteiger partial charge in [0.1, 0.15) is 19.3 Å². The Bertz CT molecular complexity index is 1650. The summed E-state index contributed by atoms with van der Waals surface area (Å²) >= 11 is 0. The first-order valence-electron chi connectivity index (χ1n) is 34.7. The van der Waals surface area contributed by atoms with E-state index in [2.05, 4.69) is 34.6 Å². The molecule has 3 N–H and O–H groups in total. The highest BCUT2D eigenvalue weighted by atomic mass is 31.2. The molecular formula is C66H128O17P2. The lowest BCUT2D eigenvalue weighted by atomic mass is 9.99. The molecule has 85 heavy (non-hydrogen) atoms. The standard InChI is InChI=1S/C66H128O17P2/c1-6-10-13-16-19-22-24-25-26-27-28-30-37-42-47-52-66(71)83-62(56-77-64(69)50-45-40-35-32-31-33-38-43-48-59(5)9-4)58-81-85(74,75)79-54-60(67)53-78-84(72,73)80-57-61(55-76-63(68)49-44-39-34-21-18-15-12-8-3)82-65(70)51-46-41-36-29-23-20-17-14-11-7-2/h59-62,67H,6-58H2,1-5H3,(H,72,73)(H,74,75)/t59?,60-,61+,62+/m0/s1. The van der Waals surface area contributed by atoms with Gasteiger partial charge in [0.15, 0.2) is 12.2 Å². The highest BCUT2D eigenvalue weighted by Crippen LogP contribution is 2.45. The van der Waals surface area contributed by atoms with Gasteiger partial charge in [-0.2, -0.15) is 0 Å². The van der Waals surface area contributed by atoms with Gasteiger partial charge in [-0.15, -0.1) is 0 Å². The number of hydrogen-bond acceptors (Lipinski definition) is 15. The summed E-state index contributed by atoms with van der Waals surface area (Å²) < 4.78 is 68.0. The maximum absolute atomic E-state index is 13.0. The van der Waals surface area contributed by atoms with Crippen LogP contribution in [-0.4, -0.2) is 96.7 Å². The molecule has 0 heterocycles. The second-order valence-electron chi connectivity index (χ2n) is 24.1. The molecule has 0 rings (SSSR count). The van der Waals surface area contributed by atoms with Gasteiger partial charge in [0, 0.05) is 25.7 Å². The molecule has 17 nitrogen and oxygen atoms in total. The minimum absolute atomic E-state index is 0.106. The highest BCUT2D eigenvalue weighted by molar-refractivity contribution is 7.47. The van der Waals surface area contributed by atoms with Gasteiger partial charge in [-0.05, 0) is 31.6 Å². The average Bonchev–Trinajstić information content (AvgIpc) is 3.58. The first-order valence-corrected chi connectivity index (χ1v) is 37.7. The van der Waals surface area contributed by atoms with Gasteiger partial charge in [0.2, 0.25) is 0 Å². The van der Waals surface area contributed by atoms with Crippen molar-refractivity contribution in [3.05, 3.63) is 0 Å². The summed E-state index contributed by atoms with van der Waals surface area (Å²) in [5.74, 6) is -1.35. The van der Waals surface area contributed by atoms with Crippen LogP contribution < -0.4 is 0 Å². The molecule has 0 amide bonds. The van der Waals surface area contributed by atoms with Crippen molar-refractivity contribution >= 4 is 39.5 Å². The molecule has 0 aromatic carbocycles. The molecule has 0 saturated heterocycles. The zero-order valence-electron chi connectivity index (χ0n) is 54.7. The molecule has 504 valence electrons. The number of unbranched alkanes of at least 4 members (excludes halogenated alkanes) is 37. The Kier molecular flexibility index (Phi) is 58.3. The van der Waals surface area contributed by atoms with Crippen molar-refractivity contribution in [1.82, 2.24) is 0 Å². The van der Waals surface area contributed by atoms with Crippen molar-refractivity contribution in [2.75, 3.05) is 39.6 Å². The normalized spacial score (nSPS) is 14.5. The molecule has 0 aliphatic rings. The summed E-state index contributed by atoms with van der Waals surface area (Å²) in [5, 5.41) is 10.5. The molecule has 0 fully saturated rings. The Morgan fingerprint density at radius 2 is 0.565 bits per heavy atom. The fourth-order valence-electron chi connectivity index (χ4n) is 9.90. The molecule has 0 aromatic heterocycles. The Hall–Kier alpha value is -1.94. The third-order valence-electron chi connectivity index (χ3n) is 15.6. The fraction of sp³-hybridized carbons (Fsp3) is 0.939. The number of esters is 4. The lowest BCUT2D eigenvalue weighted by molar-refractivity contribution is -0.161. The number of aliphatic hydroxyl groups is 1. The van der Waals surface area contributed by atoms with Gasteiger partial charge in [0.25, 0.3) is 0 Å². The van der Waals surface area contributed by atoms with Gasteiger partial charge < -0.3 is 33.8 Å². The van der Waals surface area contributed by atoms with Crippen LogP contribution in [0.15, 0.2) is 0 Å². The van der Waals surface area contributed by atoms with Crippen LogP contribution >= 0.6 is 15.6 Å². The van der Waals surface area contributed by atoms with E-state index in [1.165, 1.54) is 154 Å². The fourth-order valence-corrected chi connectivity index (χ4v) is 11.5. The van der Waals surface area contributed by atoms with Crippen molar-refractivity contribution in [1.29, 1.82) is 0 Å². The zero-order valence-corrected chi connectivity index (χ0v) is 56.5. The smallest absolute Gasteiger partial charge is 0.462 e. The number of rotatable bonds is 66. The number of phosphoric acid groups is 2. The van der Waals surface area contributed by atoms with Gasteiger partial charge in [-0.1, -0.05) is 285 Å². The summed E-state index contributed by atoms with van der Waals surface area (Å²) in [5.41, 5.74) is 0. The monoisotopic (exact) mass is 1250 g/mol. The van der Waals surface area contributed by atoms with Crippen molar-refractivity contribution in [3.63, 3.8) is 0 Å². The first-order chi connectivity index (χ1) is 41.1. The molecule has 0 bridgehead atoms.